The lowest BCUT2D eigenvalue weighted by atomic mass is 9.92. The number of hydrogen-bond donors (Lipinski definition) is 8. The average Bonchev–Trinajstić information content (AvgIpc) is 0.866. The zero-order valence-electron chi connectivity index (χ0n) is 89.4. The van der Waals surface area contributed by atoms with E-state index in [1.165, 1.54) is 47.0 Å². The number of rotatable bonds is 140. The van der Waals surface area contributed by atoms with Gasteiger partial charge in [-0.1, -0.05) is 0 Å². The first-order chi connectivity index (χ1) is 73.8. The molecule has 0 aromatic heterocycles. The summed E-state index contributed by atoms with van der Waals surface area (Å²) >= 11 is 6.12. The third-order valence-corrected chi connectivity index (χ3v) is 22.9. The van der Waals surface area contributed by atoms with Gasteiger partial charge in [-0.2, -0.15) is 47.0 Å². The summed E-state index contributed by atoms with van der Waals surface area (Å²) in [5.74, 6) is 4.90. The van der Waals surface area contributed by atoms with Crippen molar-refractivity contribution in [3.8, 4) is 0 Å². The zero-order chi connectivity index (χ0) is 107. The molecule has 4 unspecified atom stereocenters. The fraction of sp³-hybridized carbons (Fsp3) is 1.00. The van der Waals surface area contributed by atoms with Crippen LogP contribution >= 0.6 is 47.0 Å². The topological polar surface area (TPSA) is 531 Å². The number of aliphatic hydroxyl groups is 8. The maximum Gasteiger partial charge on any atom is 0.0861 e. The molecule has 8 N–H and O–H groups in total. The molecule has 0 radical (unpaired) electrons. The van der Waals surface area contributed by atoms with Gasteiger partial charge in [-0.3, -0.25) is 0 Å². The van der Waals surface area contributed by atoms with Crippen LogP contribution in [0.1, 0.15) is 0 Å². The fourth-order valence-corrected chi connectivity index (χ4v) is 14.0. The van der Waals surface area contributed by atoms with Crippen LogP contribution < -0.4 is 0 Å². The van der Waals surface area contributed by atoms with Gasteiger partial charge in [0.2, 0.25) is 0 Å². The minimum Gasteiger partial charge on any atom is -0.394 e. The largest absolute Gasteiger partial charge is 0.394 e. The molecule has 896 valence electrons. The highest BCUT2D eigenvalue weighted by Crippen LogP contribution is 2.22. The van der Waals surface area contributed by atoms with E-state index < -0.39 is 29.8 Å². The van der Waals surface area contributed by atoms with Crippen molar-refractivity contribution in [3.05, 3.63) is 0 Å². The van der Waals surface area contributed by atoms with Crippen LogP contribution in [0.2, 0.25) is 0 Å². The van der Waals surface area contributed by atoms with E-state index in [2.05, 4.69) is 0 Å². The van der Waals surface area contributed by atoms with Gasteiger partial charge in [0.05, 0.1) is 585 Å². The molecule has 0 amide bonds. The smallest absolute Gasteiger partial charge is 0.0861 e. The molecule has 52 heteroatoms. The number of ether oxygens (including phenoxy) is 40. The fourth-order valence-electron chi connectivity index (χ4n) is 10.9. The molecule has 0 fully saturated rings. The Morgan fingerprint density at radius 2 is 0.188 bits per heavy atom. The summed E-state index contributed by atoms with van der Waals surface area (Å²) in [4.78, 5) is 0. The summed E-state index contributed by atoms with van der Waals surface area (Å²) < 4.78 is 228. The van der Waals surface area contributed by atoms with Crippen LogP contribution in [0.15, 0.2) is 0 Å². The van der Waals surface area contributed by atoms with E-state index >= 15 is 0 Å². The lowest BCUT2D eigenvalue weighted by molar-refractivity contribution is -0.123. The zero-order valence-corrected chi connectivity index (χ0v) is 92.7. The molecule has 0 rings (SSSR count). The first-order valence-electron chi connectivity index (χ1n) is 52.4. The Kier molecular flexibility index (Phi) is 134. The monoisotopic (exact) mass is 2260 g/mol. The number of hydrogen-bond acceptors (Lipinski definition) is 52. The van der Waals surface area contributed by atoms with E-state index in [0.717, 1.165) is 23.0 Å². The molecule has 0 aromatic rings. The Hall–Kier alpha value is -0.520. The van der Waals surface area contributed by atoms with Crippen LogP contribution in [0.25, 0.3) is 0 Å². The quantitative estimate of drug-likeness (QED) is 0.0338. The van der Waals surface area contributed by atoms with Crippen LogP contribution in [0, 0.1) is 5.41 Å². The highest BCUT2D eigenvalue weighted by molar-refractivity contribution is 8.00. The van der Waals surface area contributed by atoms with E-state index in [0.29, 0.717) is 499 Å². The summed E-state index contributed by atoms with van der Waals surface area (Å²) in [5.41, 5.74) is -0.774. The van der Waals surface area contributed by atoms with Crippen molar-refractivity contribution in [1.29, 1.82) is 0 Å². The van der Waals surface area contributed by atoms with Gasteiger partial charge in [0.25, 0.3) is 0 Å². The normalized spacial score (nSPS) is 13.2. The Bertz CT molecular complexity index is 2090. The van der Waals surface area contributed by atoms with E-state index in [9.17, 15) is 20.4 Å². The highest BCUT2D eigenvalue weighted by Gasteiger charge is 2.33. The van der Waals surface area contributed by atoms with Crippen molar-refractivity contribution in [2.24, 2.45) is 5.41 Å². The van der Waals surface area contributed by atoms with Gasteiger partial charge < -0.3 is 230 Å². The second-order valence-corrected chi connectivity index (χ2v) is 36.0. The van der Waals surface area contributed by atoms with Gasteiger partial charge in [0.1, 0.15) is 0 Å². The second-order valence-electron chi connectivity index (χ2n) is 31.4. The molecule has 48 nitrogen and oxygen atoms in total. The lowest BCUT2D eigenvalue weighted by Crippen LogP contribution is -2.43. The van der Waals surface area contributed by atoms with Gasteiger partial charge in [-0.25, -0.2) is 0 Å². The van der Waals surface area contributed by atoms with E-state index in [-0.39, 0.29) is 79.3 Å². The summed E-state index contributed by atoms with van der Waals surface area (Å²) in [6.07, 6.45) is -2.78. The summed E-state index contributed by atoms with van der Waals surface area (Å²) in [6, 6.07) is 0. The maximum atomic E-state index is 9.36. The first kappa shape index (κ1) is 148. The van der Waals surface area contributed by atoms with Crippen LogP contribution in [0.5, 0.6) is 0 Å². The van der Waals surface area contributed by atoms with Crippen LogP contribution in [0.4, 0.5) is 0 Å². The van der Waals surface area contributed by atoms with Crippen molar-refractivity contribution in [3.63, 3.8) is 0 Å². The van der Waals surface area contributed by atoms with Gasteiger partial charge in [0.15, 0.2) is 0 Å². The molecule has 0 aliphatic heterocycles. The first-order valence-corrected chi connectivity index (χ1v) is 57.0. The van der Waals surface area contributed by atoms with E-state index in [1.807, 2.05) is 0 Å². The molecular weight excluding hydrogens is 2060 g/mol. The molecule has 4 atom stereocenters. The van der Waals surface area contributed by atoms with Gasteiger partial charge in [-0.15, -0.1) is 0 Å². The third kappa shape index (κ3) is 129. The molecule has 0 aliphatic carbocycles. The van der Waals surface area contributed by atoms with Crippen molar-refractivity contribution in [1.82, 2.24) is 0 Å². The molecule has 0 bridgehead atoms. The van der Waals surface area contributed by atoms with Crippen molar-refractivity contribution >= 4 is 47.0 Å². The van der Waals surface area contributed by atoms with Crippen LogP contribution in [-0.4, -0.2) is 666 Å². The van der Waals surface area contributed by atoms with Crippen molar-refractivity contribution in [2.45, 2.75) is 24.4 Å². The second kappa shape index (κ2) is 134. The summed E-state index contributed by atoms with van der Waals surface area (Å²) in [7, 11) is 0. The minimum atomic E-state index is -0.774. The summed E-state index contributed by atoms with van der Waals surface area (Å²) in [6.45, 7) is 31.9. The Morgan fingerprint density at radius 3 is 0.268 bits per heavy atom. The molecule has 0 saturated heterocycles. The van der Waals surface area contributed by atoms with Gasteiger partial charge >= 0.3 is 0 Å². The maximum absolute atomic E-state index is 9.36. The molecule has 0 aliphatic rings. The number of thioether (sulfide) groups is 4. The van der Waals surface area contributed by atoms with E-state index in [1.54, 1.807) is 0 Å². The molecule has 0 heterocycles. The third-order valence-electron chi connectivity index (χ3n) is 18.6. The van der Waals surface area contributed by atoms with Crippen molar-refractivity contribution < 1.29 is 230 Å². The average molecular weight is 2260 g/mol. The standard InChI is InChI=1S/C97H196O48S4/c98-81-93(102)85-146-77-73-138-61-57-130-45-41-122-29-25-114-13-9-106-1-5-110-17-21-118-33-37-126-49-53-134-65-69-142-89-97(90-143-70-66-135-54-50-127-38-34-119-22-18-111-6-2-107-10-14-115-26-30-123-42-46-131-58-62-139-74-78-147-86-94(103)82-99,91-144-71-67-136-55-51-128-39-35-120-23-19-112-7-3-108-11-15-116-27-31-124-43-47-132-59-63-140-75-79-148-87-95(104)83-100)92-145-72-68-137-56-52-129-40-36-121-24-20-113-8-4-109-12-16-117-28-32-125-44-48-133-60-64-141-76-80-149-88-96(105)84-101/h93-96,98-105H,1-92H2. The van der Waals surface area contributed by atoms with Crippen molar-refractivity contribution in [2.75, 3.05) is 601 Å². The SMILES string of the molecule is OCC(O)CSCCOCCOCCOCCOCCOCCOCCOCCOCCOCCOCC(COCCOCCOCCOCCOCCOCCOCCOCCOCCOCCSCC(O)CO)(COCCOCCOCCOCCOCCOCCOCCOCCOCCOCCSCC(O)CO)COCCOCCOCCOCCOCCOCCOCCOCCOCCOCCSCC(O)CO. The molecular formula is C97H196O48S4. The predicted molar refractivity (Wildman–Crippen MR) is 557 cm³/mol. The number of aliphatic hydroxyl groups excluding tert-OH is 8. The Labute approximate surface area is 903 Å². The highest BCUT2D eigenvalue weighted by atomic mass is 32.2. The van der Waals surface area contributed by atoms with E-state index in [4.69, 9.17) is 210 Å². The minimum absolute atomic E-state index is 0.208. The van der Waals surface area contributed by atoms with Crippen LogP contribution in [0.3, 0.4) is 0 Å². The summed E-state index contributed by atoms with van der Waals surface area (Å²) in [5, 5.41) is 72.8. The van der Waals surface area contributed by atoms with Gasteiger partial charge in [0, 0.05) is 46.0 Å². The lowest BCUT2D eigenvalue weighted by Gasteiger charge is -2.33. The van der Waals surface area contributed by atoms with Crippen LogP contribution in [-0.2, 0) is 189 Å². The Balaban J connectivity index is 5.07. The molecule has 0 aromatic carbocycles. The molecule has 0 spiro atoms. The van der Waals surface area contributed by atoms with Gasteiger partial charge in [-0.05, 0) is 0 Å². The predicted octanol–water partition coefficient (Wildman–Crippen LogP) is -1.02. The Morgan fingerprint density at radius 1 is 0.114 bits per heavy atom. The molecule has 0 saturated carbocycles. The molecule has 149 heavy (non-hydrogen) atoms.